The maximum absolute atomic E-state index is 2.38. The van der Waals surface area contributed by atoms with Gasteiger partial charge in [0.2, 0.25) is 0 Å². The number of rotatable bonds is 4. The van der Waals surface area contributed by atoms with E-state index in [0.717, 1.165) is 6.42 Å². The highest BCUT2D eigenvalue weighted by molar-refractivity contribution is 5.78. The molecule has 98 valence electrons. The summed E-state index contributed by atoms with van der Waals surface area (Å²) in [6, 6.07) is 15.7. The molecule has 0 nitrogen and oxygen atoms in total. The summed E-state index contributed by atoms with van der Waals surface area (Å²) in [5.41, 5.74) is 7.56. The van der Waals surface area contributed by atoms with Gasteiger partial charge in [-0.1, -0.05) is 69.2 Å². The second-order valence-corrected chi connectivity index (χ2v) is 5.75. The first-order chi connectivity index (χ1) is 9.31. The van der Waals surface area contributed by atoms with Crippen molar-refractivity contribution in [3.8, 4) is 11.1 Å². The van der Waals surface area contributed by atoms with Gasteiger partial charge in [-0.15, -0.1) is 0 Å². The lowest BCUT2D eigenvalue weighted by Gasteiger charge is -2.16. The molecule has 0 fully saturated rings. The Kier molecular flexibility index (Phi) is 3.42. The fourth-order valence-corrected chi connectivity index (χ4v) is 3.31. The molecule has 0 saturated carbocycles. The molecule has 2 aromatic carbocycles. The molecule has 1 unspecified atom stereocenters. The van der Waals surface area contributed by atoms with E-state index in [9.17, 15) is 0 Å². The molecule has 0 bridgehead atoms. The minimum Gasteiger partial charge on any atom is -0.0654 e. The second kappa shape index (κ2) is 5.21. The Labute approximate surface area is 116 Å². The van der Waals surface area contributed by atoms with Crippen molar-refractivity contribution in [2.45, 2.75) is 45.4 Å². The predicted octanol–water partition coefficient (Wildman–Crippen LogP) is 5.55. The molecule has 19 heavy (non-hydrogen) atoms. The van der Waals surface area contributed by atoms with Crippen molar-refractivity contribution in [1.29, 1.82) is 0 Å². The zero-order chi connectivity index (χ0) is 13.2. The van der Waals surface area contributed by atoms with Gasteiger partial charge in [-0.3, -0.25) is 0 Å². The fourth-order valence-electron chi connectivity index (χ4n) is 3.31. The van der Waals surface area contributed by atoms with Crippen LogP contribution in [0.1, 0.15) is 55.7 Å². The largest absolute Gasteiger partial charge is 0.0654 e. The number of unbranched alkanes of at least 4 members (excludes halogenated alkanes) is 1. The van der Waals surface area contributed by atoms with Gasteiger partial charge < -0.3 is 0 Å². The van der Waals surface area contributed by atoms with E-state index >= 15 is 0 Å². The minimum absolute atomic E-state index is 0.684. The van der Waals surface area contributed by atoms with E-state index in [2.05, 4.69) is 56.3 Å². The first-order valence-corrected chi connectivity index (χ1v) is 7.51. The number of hydrogen-bond donors (Lipinski definition) is 0. The lowest BCUT2D eigenvalue weighted by Crippen LogP contribution is -1.98. The van der Waals surface area contributed by atoms with E-state index in [1.807, 2.05) is 0 Å². The van der Waals surface area contributed by atoms with Crippen molar-refractivity contribution in [3.63, 3.8) is 0 Å². The Morgan fingerprint density at radius 3 is 2.63 bits per heavy atom. The van der Waals surface area contributed by atoms with Crippen molar-refractivity contribution < 1.29 is 0 Å². The average molecular weight is 250 g/mol. The monoisotopic (exact) mass is 250 g/mol. The molecule has 2 aromatic rings. The zero-order valence-electron chi connectivity index (χ0n) is 11.9. The van der Waals surface area contributed by atoms with Gasteiger partial charge in [0.05, 0.1) is 0 Å². The van der Waals surface area contributed by atoms with Gasteiger partial charge in [0.15, 0.2) is 0 Å². The van der Waals surface area contributed by atoms with Crippen LogP contribution in [-0.4, -0.2) is 0 Å². The van der Waals surface area contributed by atoms with Crippen LogP contribution < -0.4 is 0 Å². The molecular formula is C19H22. The Balaban J connectivity index is 1.99. The van der Waals surface area contributed by atoms with Gasteiger partial charge in [0, 0.05) is 0 Å². The van der Waals surface area contributed by atoms with Crippen LogP contribution in [0.25, 0.3) is 11.1 Å². The first kappa shape index (κ1) is 12.5. The molecule has 0 saturated heterocycles. The van der Waals surface area contributed by atoms with E-state index in [1.54, 1.807) is 11.1 Å². The molecule has 0 heteroatoms. The summed E-state index contributed by atoms with van der Waals surface area (Å²) in [4.78, 5) is 0. The normalized spacial score (nSPS) is 14.0. The summed E-state index contributed by atoms with van der Waals surface area (Å²) in [6.45, 7) is 4.66. The van der Waals surface area contributed by atoms with Crippen LogP contribution in [0.4, 0.5) is 0 Å². The van der Waals surface area contributed by atoms with Crippen molar-refractivity contribution >= 4 is 0 Å². The summed E-state index contributed by atoms with van der Waals surface area (Å²) in [7, 11) is 0. The molecular weight excluding hydrogens is 228 g/mol. The fraction of sp³-hybridized carbons (Fsp3) is 0.368. The molecule has 0 amide bonds. The second-order valence-electron chi connectivity index (χ2n) is 5.75. The van der Waals surface area contributed by atoms with Crippen LogP contribution >= 0.6 is 0 Å². The Morgan fingerprint density at radius 2 is 1.79 bits per heavy atom. The highest BCUT2D eigenvalue weighted by atomic mass is 14.3. The lowest BCUT2D eigenvalue weighted by atomic mass is 9.89. The van der Waals surface area contributed by atoms with Crippen LogP contribution in [0.5, 0.6) is 0 Å². The lowest BCUT2D eigenvalue weighted by molar-refractivity contribution is 0.621. The molecule has 0 spiro atoms. The van der Waals surface area contributed by atoms with Crippen LogP contribution in [0, 0.1) is 0 Å². The number of fused-ring (bicyclic) bond motifs is 3. The van der Waals surface area contributed by atoms with E-state index in [0.29, 0.717) is 5.92 Å². The third-order valence-electron chi connectivity index (χ3n) is 4.41. The van der Waals surface area contributed by atoms with E-state index in [1.165, 1.54) is 36.0 Å². The molecule has 1 aliphatic carbocycles. The standard InChI is InChI=1S/C19H22/c1-3-4-8-14(2)16-11-7-12-18-17-10-6-5-9-15(17)13-19(16)18/h5-7,9-12,14H,3-4,8,13H2,1-2H3. The van der Waals surface area contributed by atoms with Crippen molar-refractivity contribution in [2.75, 3.05) is 0 Å². The molecule has 0 radical (unpaired) electrons. The van der Waals surface area contributed by atoms with E-state index in [4.69, 9.17) is 0 Å². The van der Waals surface area contributed by atoms with Gasteiger partial charge in [-0.2, -0.15) is 0 Å². The third kappa shape index (κ3) is 2.20. The van der Waals surface area contributed by atoms with Crippen LogP contribution in [0.3, 0.4) is 0 Å². The van der Waals surface area contributed by atoms with Crippen LogP contribution in [0.15, 0.2) is 42.5 Å². The smallest absolute Gasteiger partial charge is 0.00106 e. The summed E-state index contributed by atoms with van der Waals surface area (Å²) >= 11 is 0. The molecule has 0 aliphatic heterocycles. The number of benzene rings is 2. The summed E-state index contributed by atoms with van der Waals surface area (Å²) < 4.78 is 0. The van der Waals surface area contributed by atoms with Gasteiger partial charge in [-0.05, 0) is 46.6 Å². The van der Waals surface area contributed by atoms with Crippen molar-refractivity contribution in [1.82, 2.24) is 0 Å². The SMILES string of the molecule is CCCCC(C)c1cccc2c1Cc1ccccc1-2. The zero-order valence-corrected chi connectivity index (χ0v) is 11.9. The molecule has 3 rings (SSSR count). The molecule has 1 aliphatic rings. The third-order valence-corrected chi connectivity index (χ3v) is 4.41. The van der Waals surface area contributed by atoms with Crippen LogP contribution in [-0.2, 0) is 6.42 Å². The predicted molar refractivity (Wildman–Crippen MR) is 82.6 cm³/mol. The van der Waals surface area contributed by atoms with Gasteiger partial charge in [0.1, 0.15) is 0 Å². The quantitative estimate of drug-likeness (QED) is 0.569. The van der Waals surface area contributed by atoms with Crippen molar-refractivity contribution in [3.05, 3.63) is 59.2 Å². The topological polar surface area (TPSA) is 0 Å². The maximum Gasteiger partial charge on any atom is -0.00106 e. The minimum atomic E-state index is 0.684. The van der Waals surface area contributed by atoms with Gasteiger partial charge >= 0.3 is 0 Å². The Bertz CT molecular complexity index is 580. The van der Waals surface area contributed by atoms with Gasteiger partial charge in [-0.25, -0.2) is 0 Å². The Hall–Kier alpha value is -1.56. The molecule has 0 heterocycles. The molecule has 0 N–H and O–H groups in total. The average Bonchev–Trinajstić information content (AvgIpc) is 2.83. The summed E-state index contributed by atoms with van der Waals surface area (Å²) in [6.07, 6.45) is 5.05. The van der Waals surface area contributed by atoms with Crippen molar-refractivity contribution in [2.24, 2.45) is 0 Å². The van der Waals surface area contributed by atoms with Crippen LogP contribution in [0.2, 0.25) is 0 Å². The Morgan fingerprint density at radius 1 is 1.00 bits per heavy atom. The highest BCUT2D eigenvalue weighted by Crippen LogP contribution is 2.40. The molecule has 0 aromatic heterocycles. The maximum atomic E-state index is 2.38. The van der Waals surface area contributed by atoms with E-state index in [-0.39, 0.29) is 0 Å². The number of hydrogen-bond acceptors (Lipinski definition) is 0. The molecule has 1 atom stereocenters. The summed E-state index contributed by atoms with van der Waals surface area (Å²) in [5, 5.41) is 0. The first-order valence-electron chi connectivity index (χ1n) is 7.51. The van der Waals surface area contributed by atoms with Gasteiger partial charge in [0.25, 0.3) is 0 Å². The van der Waals surface area contributed by atoms with E-state index < -0.39 is 0 Å². The summed E-state index contributed by atoms with van der Waals surface area (Å²) in [5.74, 6) is 0.684. The highest BCUT2D eigenvalue weighted by Gasteiger charge is 2.22.